The van der Waals surface area contributed by atoms with Gasteiger partial charge in [0.25, 0.3) is 5.91 Å². The molecule has 0 aliphatic heterocycles. The third-order valence-corrected chi connectivity index (χ3v) is 5.11. The van der Waals surface area contributed by atoms with Gasteiger partial charge < -0.3 is 10.1 Å². The Balaban J connectivity index is 1.72. The van der Waals surface area contributed by atoms with Gasteiger partial charge in [-0.05, 0) is 42.0 Å². The normalized spacial score (nSPS) is 11.6. The topological polar surface area (TPSA) is 72.5 Å². The van der Waals surface area contributed by atoms with Crippen LogP contribution in [0.4, 0.5) is 5.69 Å². The van der Waals surface area contributed by atoms with E-state index in [4.69, 9.17) is 4.74 Å². The van der Waals surface area contributed by atoms with E-state index in [1.54, 1.807) is 12.1 Å². The van der Waals surface area contributed by atoms with Gasteiger partial charge >= 0.3 is 5.97 Å². The van der Waals surface area contributed by atoms with E-state index in [0.29, 0.717) is 17.2 Å². The van der Waals surface area contributed by atoms with Crippen LogP contribution in [0.5, 0.6) is 0 Å². The summed E-state index contributed by atoms with van der Waals surface area (Å²) in [6.45, 7) is 6.02. The maximum Gasteiger partial charge on any atom is 0.306 e. The molecule has 5 nitrogen and oxygen atoms in total. The Labute approximate surface area is 178 Å². The van der Waals surface area contributed by atoms with E-state index in [1.165, 1.54) is 11.1 Å². The summed E-state index contributed by atoms with van der Waals surface area (Å²) in [5.74, 6) is -0.612. The Morgan fingerprint density at radius 1 is 0.933 bits per heavy atom. The van der Waals surface area contributed by atoms with Crippen molar-refractivity contribution in [1.82, 2.24) is 0 Å². The maximum absolute atomic E-state index is 12.2. The van der Waals surface area contributed by atoms with Crippen molar-refractivity contribution in [3.8, 4) is 0 Å². The number of ether oxygens (including phenoxy) is 1. The van der Waals surface area contributed by atoms with E-state index in [9.17, 15) is 14.4 Å². The monoisotopic (exact) mass is 409 g/mol. The lowest BCUT2D eigenvalue weighted by Gasteiger charge is -2.10. The minimum Gasteiger partial charge on any atom is -0.456 e. The molecule has 0 bridgehead atoms. The van der Waals surface area contributed by atoms with Crippen molar-refractivity contribution in [2.45, 2.75) is 58.8 Å². The molecule has 0 aliphatic carbocycles. The zero-order valence-corrected chi connectivity index (χ0v) is 18.1. The summed E-state index contributed by atoms with van der Waals surface area (Å²) in [6, 6.07) is 15.1. The molecule has 0 aliphatic rings. The number of esters is 1. The molecule has 0 saturated carbocycles. The molecule has 1 amide bonds. The molecule has 0 aromatic heterocycles. The summed E-state index contributed by atoms with van der Waals surface area (Å²) in [4.78, 5) is 36.1. The summed E-state index contributed by atoms with van der Waals surface area (Å²) < 4.78 is 4.99. The van der Waals surface area contributed by atoms with E-state index < -0.39 is 11.9 Å². The fourth-order valence-corrected chi connectivity index (χ4v) is 3.05. The summed E-state index contributed by atoms with van der Waals surface area (Å²) in [7, 11) is 0. The Kier molecular flexibility index (Phi) is 9.26. The van der Waals surface area contributed by atoms with Gasteiger partial charge in [-0.15, -0.1) is 0 Å². The van der Waals surface area contributed by atoms with Crippen LogP contribution >= 0.6 is 0 Å². The van der Waals surface area contributed by atoms with Crippen LogP contribution in [-0.4, -0.2) is 24.3 Å². The maximum atomic E-state index is 12.2. The number of nitrogens with one attached hydrogen (secondary N) is 1. The van der Waals surface area contributed by atoms with Crippen molar-refractivity contribution in [1.29, 1.82) is 0 Å². The molecule has 2 aromatic carbocycles. The Hall–Kier alpha value is -2.95. The predicted octanol–water partition coefficient (Wildman–Crippen LogP) is 5.30. The smallest absolute Gasteiger partial charge is 0.306 e. The van der Waals surface area contributed by atoms with Crippen LogP contribution < -0.4 is 5.32 Å². The number of rotatable bonds is 11. The molecule has 1 atom stereocenters. The Bertz CT molecular complexity index is 840. The van der Waals surface area contributed by atoms with E-state index in [1.807, 2.05) is 36.4 Å². The zero-order valence-electron chi connectivity index (χ0n) is 18.1. The van der Waals surface area contributed by atoms with Crippen molar-refractivity contribution in [3.05, 3.63) is 65.2 Å². The van der Waals surface area contributed by atoms with Crippen LogP contribution in [0.3, 0.4) is 0 Å². The van der Waals surface area contributed by atoms with Crippen molar-refractivity contribution < 1.29 is 19.1 Å². The molecular weight excluding hydrogens is 378 g/mol. The minimum atomic E-state index is -0.562. The van der Waals surface area contributed by atoms with Gasteiger partial charge in [0.15, 0.2) is 12.4 Å². The van der Waals surface area contributed by atoms with E-state index in [0.717, 1.165) is 19.3 Å². The van der Waals surface area contributed by atoms with E-state index in [-0.39, 0.29) is 25.2 Å². The van der Waals surface area contributed by atoms with Gasteiger partial charge in [-0.1, -0.05) is 63.6 Å². The van der Waals surface area contributed by atoms with Gasteiger partial charge in [0, 0.05) is 17.7 Å². The molecular formula is C25H31NO4. The first kappa shape index (κ1) is 23.3. The van der Waals surface area contributed by atoms with Gasteiger partial charge in [0.1, 0.15) is 0 Å². The SMILES string of the molecule is CCCc1ccc(C(=O)CCC(=O)OCC(=O)Nc2ccc([C@@H](C)CC)cc2)cc1. The first-order chi connectivity index (χ1) is 14.4. The highest BCUT2D eigenvalue weighted by molar-refractivity contribution is 5.98. The number of hydrogen-bond donors (Lipinski definition) is 1. The number of ketones is 1. The van der Waals surface area contributed by atoms with Gasteiger partial charge in [-0.2, -0.15) is 0 Å². The lowest BCUT2D eigenvalue weighted by Crippen LogP contribution is -2.21. The van der Waals surface area contributed by atoms with Crippen molar-refractivity contribution >= 4 is 23.3 Å². The average molecular weight is 410 g/mol. The van der Waals surface area contributed by atoms with Crippen molar-refractivity contribution in [2.24, 2.45) is 0 Å². The molecule has 30 heavy (non-hydrogen) atoms. The second-order valence-corrected chi connectivity index (χ2v) is 7.51. The number of amides is 1. The lowest BCUT2D eigenvalue weighted by atomic mass is 9.99. The van der Waals surface area contributed by atoms with Crippen LogP contribution in [-0.2, 0) is 20.7 Å². The van der Waals surface area contributed by atoms with Crippen LogP contribution in [0.25, 0.3) is 0 Å². The van der Waals surface area contributed by atoms with E-state index >= 15 is 0 Å². The number of carbonyl (C=O) groups is 3. The summed E-state index contributed by atoms with van der Waals surface area (Å²) in [5.41, 5.74) is 3.65. The number of Topliss-reactive ketones (excluding diaryl/α,β-unsaturated/α-hetero) is 1. The molecule has 1 N–H and O–H groups in total. The average Bonchev–Trinajstić information content (AvgIpc) is 2.76. The number of carbonyl (C=O) groups excluding carboxylic acids is 3. The number of aryl methyl sites for hydroxylation is 1. The van der Waals surface area contributed by atoms with Crippen molar-refractivity contribution in [2.75, 3.05) is 11.9 Å². The molecule has 2 aromatic rings. The third kappa shape index (κ3) is 7.47. The molecule has 5 heteroatoms. The Morgan fingerprint density at radius 3 is 2.20 bits per heavy atom. The lowest BCUT2D eigenvalue weighted by molar-refractivity contribution is -0.147. The van der Waals surface area contributed by atoms with Gasteiger partial charge in [0.05, 0.1) is 6.42 Å². The predicted molar refractivity (Wildman–Crippen MR) is 119 cm³/mol. The molecule has 2 rings (SSSR count). The molecule has 0 spiro atoms. The fraction of sp³-hybridized carbons (Fsp3) is 0.400. The molecule has 160 valence electrons. The zero-order chi connectivity index (χ0) is 21.9. The molecule has 0 radical (unpaired) electrons. The van der Waals surface area contributed by atoms with Crippen molar-refractivity contribution in [3.63, 3.8) is 0 Å². The summed E-state index contributed by atoms with van der Waals surface area (Å²) in [6.07, 6.45) is 3.09. The van der Waals surface area contributed by atoms with Gasteiger partial charge in [-0.3, -0.25) is 14.4 Å². The second kappa shape index (κ2) is 11.9. The van der Waals surface area contributed by atoms with E-state index in [2.05, 4.69) is 26.1 Å². The standard InChI is InChI=1S/C25H31NO4/c1-4-6-19-7-9-21(10-8-19)23(27)15-16-25(29)30-17-24(28)26-22-13-11-20(12-14-22)18(3)5-2/h7-14,18H,4-6,15-17H2,1-3H3,(H,26,28)/t18-/m0/s1. The van der Waals surface area contributed by atoms with Crippen LogP contribution in [0.15, 0.2) is 48.5 Å². The minimum absolute atomic E-state index is 0.0492. The Morgan fingerprint density at radius 2 is 1.60 bits per heavy atom. The molecule has 0 fully saturated rings. The number of benzene rings is 2. The van der Waals surface area contributed by atoms with Crippen LogP contribution in [0.2, 0.25) is 0 Å². The molecule has 0 saturated heterocycles. The summed E-state index contributed by atoms with van der Waals surface area (Å²) >= 11 is 0. The molecule has 0 unspecified atom stereocenters. The highest BCUT2D eigenvalue weighted by Gasteiger charge is 2.12. The fourth-order valence-electron chi connectivity index (χ4n) is 3.05. The first-order valence-electron chi connectivity index (χ1n) is 10.6. The first-order valence-corrected chi connectivity index (χ1v) is 10.6. The summed E-state index contributed by atoms with van der Waals surface area (Å²) in [5, 5.41) is 2.70. The number of anilines is 1. The largest absolute Gasteiger partial charge is 0.456 e. The van der Waals surface area contributed by atoms with Gasteiger partial charge in [-0.25, -0.2) is 0 Å². The van der Waals surface area contributed by atoms with Crippen LogP contribution in [0.1, 0.15) is 73.9 Å². The van der Waals surface area contributed by atoms with Crippen LogP contribution in [0, 0.1) is 0 Å². The number of hydrogen-bond acceptors (Lipinski definition) is 4. The highest BCUT2D eigenvalue weighted by Crippen LogP contribution is 2.20. The third-order valence-electron chi connectivity index (χ3n) is 5.11. The highest BCUT2D eigenvalue weighted by atomic mass is 16.5. The second-order valence-electron chi connectivity index (χ2n) is 7.51. The van der Waals surface area contributed by atoms with Gasteiger partial charge in [0.2, 0.25) is 0 Å². The quantitative estimate of drug-likeness (QED) is 0.404. The molecule has 0 heterocycles.